The van der Waals surface area contributed by atoms with Crippen molar-refractivity contribution < 1.29 is 14.3 Å². The molecule has 0 bridgehead atoms. The molecule has 0 aromatic heterocycles. The Hall–Kier alpha value is -2.77. The molecular weight excluding hydrogens is 314 g/mol. The number of hydrogen-bond donors (Lipinski definition) is 0. The van der Waals surface area contributed by atoms with E-state index in [1.807, 2.05) is 6.07 Å². The highest BCUT2D eigenvalue weighted by Gasteiger charge is 2.14. The third kappa shape index (κ3) is 3.91. The van der Waals surface area contributed by atoms with Crippen molar-refractivity contribution in [3.05, 3.63) is 64.2 Å². The van der Waals surface area contributed by atoms with E-state index < -0.39 is 0 Å². The molecule has 116 valence electrons. The van der Waals surface area contributed by atoms with Crippen LogP contribution < -0.4 is 9.47 Å². The van der Waals surface area contributed by atoms with Crippen molar-refractivity contribution in [2.45, 2.75) is 0 Å². The van der Waals surface area contributed by atoms with E-state index >= 15 is 0 Å². The second-order valence-electron chi connectivity index (χ2n) is 4.62. The predicted molar refractivity (Wildman–Crippen MR) is 89.1 cm³/mol. The number of allylic oxidation sites excluding steroid dienone is 1. The molecule has 0 spiro atoms. The zero-order chi connectivity index (χ0) is 16.8. The van der Waals surface area contributed by atoms with E-state index in [9.17, 15) is 4.79 Å². The maximum absolute atomic E-state index is 12.4. The molecule has 0 saturated carbocycles. The number of methoxy groups -OCH3 is 2. The molecule has 0 amide bonds. The highest BCUT2D eigenvalue weighted by atomic mass is 35.5. The summed E-state index contributed by atoms with van der Waals surface area (Å²) < 4.78 is 10.3. The summed E-state index contributed by atoms with van der Waals surface area (Å²) in [5.41, 5.74) is 1.63. The van der Waals surface area contributed by atoms with Crippen LogP contribution in [0.1, 0.15) is 21.5 Å². The summed E-state index contributed by atoms with van der Waals surface area (Å²) in [4.78, 5) is 12.4. The van der Waals surface area contributed by atoms with E-state index in [-0.39, 0.29) is 5.78 Å². The van der Waals surface area contributed by atoms with Gasteiger partial charge in [-0.25, -0.2) is 0 Å². The Morgan fingerprint density at radius 1 is 1.17 bits per heavy atom. The number of nitrogens with zero attached hydrogens (tertiary/aromatic N) is 1. The minimum atomic E-state index is -0.256. The number of ether oxygens (including phenoxy) is 2. The van der Waals surface area contributed by atoms with Gasteiger partial charge < -0.3 is 9.47 Å². The molecule has 2 aromatic rings. The minimum Gasteiger partial charge on any atom is -0.496 e. The lowest BCUT2D eigenvalue weighted by atomic mass is 10.1. The van der Waals surface area contributed by atoms with Gasteiger partial charge in [-0.3, -0.25) is 4.79 Å². The third-order valence-electron chi connectivity index (χ3n) is 3.18. The predicted octanol–water partition coefficient (Wildman–Crippen LogP) is 4.12. The Morgan fingerprint density at radius 3 is 2.57 bits per heavy atom. The van der Waals surface area contributed by atoms with Gasteiger partial charge in [0, 0.05) is 6.07 Å². The van der Waals surface area contributed by atoms with Crippen molar-refractivity contribution in [3.63, 3.8) is 0 Å². The molecule has 0 radical (unpaired) electrons. The van der Waals surface area contributed by atoms with Crippen LogP contribution in [0.25, 0.3) is 6.08 Å². The standard InChI is InChI=1S/C18H14ClNO3/c1-22-17-10-18(23-2)15(19)9-14(17)16(21)7-6-12-4-3-5-13(8-12)11-20/h3-10H,1-2H3. The van der Waals surface area contributed by atoms with Gasteiger partial charge in [0.05, 0.1) is 36.4 Å². The number of carbonyl (C=O) groups is 1. The maximum Gasteiger partial charge on any atom is 0.189 e. The van der Waals surface area contributed by atoms with E-state index in [1.54, 1.807) is 30.3 Å². The molecule has 0 N–H and O–H groups in total. The molecule has 0 heterocycles. The molecule has 23 heavy (non-hydrogen) atoms. The first-order valence-corrected chi connectivity index (χ1v) is 7.11. The number of carbonyl (C=O) groups excluding carboxylic acids is 1. The van der Waals surface area contributed by atoms with Crippen molar-refractivity contribution in [1.29, 1.82) is 5.26 Å². The molecule has 0 aliphatic heterocycles. The van der Waals surface area contributed by atoms with Crippen molar-refractivity contribution >= 4 is 23.5 Å². The van der Waals surface area contributed by atoms with Crippen molar-refractivity contribution in [1.82, 2.24) is 0 Å². The number of halogens is 1. The van der Waals surface area contributed by atoms with Gasteiger partial charge in [-0.1, -0.05) is 29.8 Å². The second-order valence-corrected chi connectivity index (χ2v) is 5.03. The van der Waals surface area contributed by atoms with E-state index in [1.165, 1.54) is 26.4 Å². The summed E-state index contributed by atoms with van der Waals surface area (Å²) >= 11 is 6.07. The van der Waals surface area contributed by atoms with Gasteiger partial charge in [-0.05, 0) is 29.8 Å². The molecule has 4 nitrogen and oxygen atoms in total. The molecule has 0 aliphatic carbocycles. The summed E-state index contributed by atoms with van der Waals surface area (Å²) in [6.07, 6.45) is 3.05. The van der Waals surface area contributed by atoms with Crippen molar-refractivity contribution in [2.24, 2.45) is 0 Å². The first kappa shape index (κ1) is 16.6. The topological polar surface area (TPSA) is 59.3 Å². The molecule has 0 unspecified atom stereocenters. The average molecular weight is 328 g/mol. The summed E-state index contributed by atoms with van der Waals surface area (Å²) in [5.74, 6) is 0.561. The fraction of sp³-hybridized carbons (Fsp3) is 0.111. The second kappa shape index (κ2) is 7.48. The Kier molecular flexibility index (Phi) is 5.40. The van der Waals surface area contributed by atoms with Crippen LogP contribution in [0, 0.1) is 11.3 Å². The van der Waals surface area contributed by atoms with Crippen LogP contribution in [-0.2, 0) is 0 Å². The molecule has 0 saturated heterocycles. The molecular formula is C18H14ClNO3. The SMILES string of the molecule is COc1cc(OC)c(C(=O)C=Cc2cccc(C#N)c2)cc1Cl. The molecule has 5 heteroatoms. The van der Waals surface area contributed by atoms with Gasteiger partial charge in [0.2, 0.25) is 0 Å². The fourth-order valence-corrected chi connectivity index (χ4v) is 2.27. The average Bonchev–Trinajstić information content (AvgIpc) is 2.59. The molecule has 2 aromatic carbocycles. The van der Waals surface area contributed by atoms with E-state index in [4.69, 9.17) is 26.3 Å². The summed E-state index contributed by atoms with van der Waals surface area (Å²) in [7, 11) is 2.96. The van der Waals surface area contributed by atoms with Crippen LogP contribution in [0.3, 0.4) is 0 Å². The van der Waals surface area contributed by atoms with Gasteiger partial charge in [-0.15, -0.1) is 0 Å². The monoisotopic (exact) mass is 327 g/mol. The number of benzene rings is 2. The lowest BCUT2D eigenvalue weighted by molar-refractivity contribution is 0.104. The highest BCUT2D eigenvalue weighted by Crippen LogP contribution is 2.33. The first-order chi connectivity index (χ1) is 11.1. The Bertz CT molecular complexity index is 806. The van der Waals surface area contributed by atoms with Crippen LogP contribution in [-0.4, -0.2) is 20.0 Å². The van der Waals surface area contributed by atoms with E-state index in [2.05, 4.69) is 6.07 Å². The first-order valence-electron chi connectivity index (χ1n) is 6.73. The van der Waals surface area contributed by atoms with Crippen LogP contribution in [0.2, 0.25) is 5.02 Å². The van der Waals surface area contributed by atoms with Gasteiger partial charge in [0.1, 0.15) is 11.5 Å². The summed E-state index contributed by atoms with van der Waals surface area (Å²) in [6, 6.07) is 12.1. The van der Waals surface area contributed by atoms with E-state index in [0.29, 0.717) is 27.6 Å². The molecule has 0 aliphatic rings. The van der Waals surface area contributed by atoms with Gasteiger partial charge in [0.15, 0.2) is 5.78 Å². The van der Waals surface area contributed by atoms with Crippen molar-refractivity contribution in [3.8, 4) is 17.6 Å². The molecule has 2 rings (SSSR count). The largest absolute Gasteiger partial charge is 0.496 e. The smallest absolute Gasteiger partial charge is 0.189 e. The normalized spacial score (nSPS) is 10.3. The van der Waals surface area contributed by atoms with Crippen LogP contribution >= 0.6 is 11.6 Å². The Balaban J connectivity index is 2.31. The number of ketones is 1. The fourth-order valence-electron chi connectivity index (χ4n) is 2.03. The third-order valence-corrected chi connectivity index (χ3v) is 3.48. The number of rotatable bonds is 5. The zero-order valence-electron chi connectivity index (χ0n) is 12.7. The summed E-state index contributed by atoms with van der Waals surface area (Å²) in [6.45, 7) is 0. The highest BCUT2D eigenvalue weighted by molar-refractivity contribution is 6.32. The van der Waals surface area contributed by atoms with Crippen LogP contribution in [0.5, 0.6) is 11.5 Å². The quantitative estimate of drug-likeness (QED) is 0.612. The maximum atomic E-state index is 12.4. The zero-order valence-corrected chi connectivity index (χ0v) is 13.4. The van der Waals surface area contributed by atoms with Crippen LogP contribution in [0.4, 0.5) is 0 Å². The van der Waals surface area contributed by atoms with Gasteiger partial charge in [0.25, 0.3) is 0 Å². The van der Waals surface area contributed by atoms with Gasteiger partial charge in [-0.2, -0.15) is 5.26 Å². The van der Waals surface area contributed by atoms with Crippen LogP contribution in [0.15, 0.2) is 42.5 Å². The molecule has 0 atom stereocenters. The summed E-state index contributed by atoms with van der Waals surface area (Å²) in [5, 5.41) is 9.21. The lowest BCUT2D eigenvalue weighted by Crippen LogP contribution is -2.00. The number of hydrogen-bond acceptors (Lipinski definition) is 4. The van der Waals surface area contributed by atoms with Gasteiger partial charge >= 0.3 is 0 Å². The Morgan fingerprint density at radius 2 is 1.91 bits per heavy atom. The number of nitriles is 1. The van der Waals surface area contributed by atoms with Crippen molar-refractivity contribution in [2.75, 3.05) is 14.2 Å². The lowest BCUT2D eigenvalue weighted by Gasteiger charge is -2.10. The Labute approximate surface area is 139 Å². The molecule has 0 fully saturated rings. The minimum absolute atomic E-state index is 0.256. The van der Waals surface area contributed by atoms with E-state index in [0.717, 1.165) is 5.56 Å².